The highest BCUT2D eigenvalue weighted by Crippen LogP contribution is 2.33. The topological polar surface area (TPSA) is 64.0 Å². The first-order chi connectivity index (χ1) is 9.32. The summed E-state index contributed by atoms with van der Waals surface area (Å²) in [7, 11) is 0. The van der Waals surface area contributed by atoms with E-state index in [1.54, 1.807) is 6.20 Å². The Morgan fingerprint density at radius 2 is 2.15 bits per heavy atom. The number of allylic oxidation sites excluding steroid dienone is 2. The molecule has 20 heavy (non-hydrogen) atoms. The Hall–Kier alpha value is -1.33. The van der Waals surface area contributed by atoms with Gasteiger partial charge in [0.25, 0.3) is 0 Å². The molecule has 0 aromatic heterocycles. The standard InChI is InChI=1S/C15H24N2O3/c1-15(2,3)17-9-12(14(19)20)8-16(17)13-6-4-11(10-18)5-7-13/h6,8,11,18H,4-5,7,9-10H2,1-3H3,(H,19,20). The van der Waals surface area contributed by atoms with E-state index in [9.17, 15) is 15.0 Å². The first-order valence-corrected chi connectivity index (χ1v) is 7.13. The van der Waals surface area contributed by atoms with Gasteiger partial charge >= 0.3 is 5.97 Å². The van der Waals surface area contributed by atoms with E-state index in [1.807, 2.05) is 5.01 Å². The summed E-state index contributed by atoms with van der Waals surface area (Å²) in [6, 6.07) is 0. The number of aliphatic carboxylic acids is 1. The van der Waals surface area contributed by atoms with E-state index in [4.69, 9.17) is 0 Å². The van der Waals surface area contributed by atoms with E-state index >= 15 is 0 Å². The van der Waals surface area contributed by atoms with Gasteiger partial charge in [0.2, 0.25) is 0 Å². The van der Waals surface area contributed by atoms with Crippen molar-refractivity contribution in [3.8, 4) is 0 Å². The monoisotopic (exact) mass is 280 g/mol. The second-order valence-electron chi connectivity index (χ2n) is 6.55. The normalized spacial score (nSPS) is 24.6. The van der Waals surface area contributed by atoms with Crippen molar-refractivity contribution in [2.75, 3.05) is 13.2 Å². The Kier molecular flexibility index (Phi) is 4.20. The molecule has 0 saturated heterocycles. The number of hydrogen-bond donors (Lipinski definition) is 2. The summed E-state index contributed by atoms with van der Waals surface area (Å²) < 4.78 is 0. The zero-order chi connectivity index (χ0) is 14.9. The van der Waals surface area contributed by atoms with Gasteiger partial charge in [0.15, 0.2) is 0 Å². The van der Waals surface area contributed by atoms with Crippen molar-refractivity contribution in [2.24, 2.45) is 5.92 Å². The van der Waals surface area contributed by atoms with Gasteiger partial charge in [0.1, 0.15) is 0 Å². The van der Waals surface area contributed by atoms with Gasteiger partial charge in [-0.15, -0.1) is 0 Å². The lowest BCUT2D eigenvalue weighted by Crippen LogP contribution is -2.48. The SMILES string of the molecule is CC(C)(C)N1CC(C(=O)O)=CN1C1=CCC(CO)CC1. The zero-order valence-electron chi connectivity index (χ0n) is 12.5. The van der Waals surface area contributed by atoms with Crippen LogP contribution in [0.5, 0.6) is 0 Å². The number of hydrogen-bond acceptors (Lipinski definition) is 4. The lowest BCUT2D eigenvalue weighted by atomic mass is 9.93. The summed E-state index contributed by atoms with van der Waals surface area (Å²) >= 11 is 0. The fourth-order valence-corrected chi connectivity index (χ4v) is 2.67. The van der Waals surface area contributed by atoms with Crippen LogP contribution in [-0.4, -0.2) is 44.9 Å². The average Bonchev–Trinajstić information content (AvgIpc) is 2.84. The Labute approximate surface area is 120 Å². The minimum atomic E-state index is -0.855. The van der Waals surface area contributed by atoms with Crippen LogP contribution >= 0.6 is 0 Å². The van der Waals surface area contributed by atoms with E-state index in [1.165, 1.54) is 0 Å². The van der Waals surface area contributed by atoms with Gasteiger partial charge in [-0.1, -0.05) is 6.08 Å². The maximum atomic E-state index is 11.2. The molecule has 0 amide bonds. The van der Waals surface area contributed by atoms with E-state index in [0.29, 0.717) is 18.0 Å². The van der Waals surface area contributed by atoms with Crippen LogP contribution in [0.4, 0.5) is 0 Å². The minimum absolute atomic E-state index is 0.137. The number of aliphatic hydroxyl groups excluding tert-OH is 1. The second-order valence-corrected chi connectivity index (χ2v) is 6.55. The van der Waals surface area contributed by atoms with Crippen molar-refractivity contribution in [3.63, 3.8) is 0 Å². The first kappa shape index (κ1) is 15.1. The maximum Gasteiger partial charge on any atom is 0.334 e. The van der Waals surface area contributed by atoms with Crippen molar-refractivity contribution >= 4 is 5.97 Å². The second kappa shape index (κ2) is 5.58. The molecule has 2 aliphatic rings. The molecule has 0 aromatic carbocycles. The third-order valence-corrected chi connectivity index (χ3v) is 3.96. The van der Waals surface area contributed by atoms with Crippen LogP contribution in [0.15, 0.2) is 23.5 Å². The molecule has 112 valence electrons. The summed E-state index contributed by atoms with van der Waals surface area (Å²) in [6.45, 7) is 6.90. The number of aliphatic hydroxyl groups is 1. The Bertz CT molecular complexity index is 449. The highest BCUT2D eigenvalue weighted by Gasteiger charge is 2.35. The summed E-state index contributed by atoms with van der Waals surface area (Å²) in [5.41, 5.74) is 1.42. The molecular formula is C15H24N2O3. The van der Waals surface area contributed by atoms with Crippen LogP contribution < -0.4 is 0 Å². The van der Waals surface area contributed by atoms with Crippen molar-refractivity contribution in [1.82, 2.24) is 10.0 Å². The molecule has 5 nitrogen and oxygen atoms in total. The van der Waals surface area contributed by atoms with Crippen LogP contribution in [-0.2, 0) is 4.79 Å². The highest BCUT2D eigenvalue weighted by molar-refractivity contribution is 5.87. The third kappa shape index (κ3) is 3.04. The summed E-state index contributed by atoms with van der Waals surface area (Å²) in [5.74, 6) is -0.515. The Morgan fingerprint density at radius 3 is 2.60 bits per heavy atom. The molecule has 0 radical (unpaired) electrons. The van der Waals surface area contributed by atoms with Crippen molar-refractivity contribution < 1.29 is 15.0 Å². The minimum Gasteiger partial charge on any atom is -0.478 e. The van der Waals surface area contributed by atoms with Crippen molar-refractivity contribution in [3.05, 3.63) is 23.5 Å². The van der Waals surface area contributed by atoms with Gasteiger partial charge in [-0.25, -0.2) is 9.80 Å². The lowest BCUT2D eigenvalue weighted by molar-refractivity contribution is -0.132. The van der Waals surface area contributed by atoms with Gasteiger partial charge in [0.05, 0.1) is 12.1 Å². The third-order valence-electron chi connectivity index (χ3n) is 3.96. The molecule has 1 heterocycles. The van der Waals surface area contributed by atoms with Crippen LogP contribution in [0.3, 0.4) is 0 Å². The van der Waals surface area contributed by atoms with E-state index in [0.717, 1.165) is 25.0 Å². The maximum absolute atomic E-state index is 11.2. The van der Waals surface area contributed by atoms with Gasteiger partial charge in [0, 0.05) is 24.0 Å². The number of hydrazine groups is 1. The molecule has 0 aromatic rings. The quantitative estimate of drug-likeness (QED) is 0.827. The molecule has 0 fully saturated rings. The number of rotatable bonds is 3. The summed E-state index contributed by atoms with van der Waals surface area (Å²) in [6.07, 6.45) is 6.55. The summed E-state index contributed by atoms with van der Waals surface area (Å²) in [4.78, 5) is 11.2. The largest absolute Gasteiger partial charge is 0.478 e. The highest BCUT2D eigenvalue weighted by atomic mass is 16.4. The molecule has 2 N–H and O–H groups in total. The fourth-order valence-electron chi connectivity index (χ4n) is 2.67. The smallest absolute Gasteiger partial charge is 0.334 e. The molecule has 2 rings (SSSR count). The van der Waals surface area contributed by atoms with Crippen molar-refractivity contribution in [2.45, 2.75) is 45.6 Å². The van der Waals surface area contributed by atoms with Gasteiger partial charge in [-0.2, -0.15) is 0 Å². The van der Waals surface area contributed by atoms with E-state index in [-0.39, 0.29) is 12.1 Å². The number of carboxylic acids is 1. The lowest BCUT2D eigenvalue weighted by Gasteiger charge is -2.41. The average molecular weight is 280 g/mol. The van der Waals surface area contributed by atoms with Crippen LogP contribution in [0.1, 0.15) is 40.0 Å². The molecule has 1 aliphatic carbocycles. The predicted octanol–water partition coefficient (Wildman–Crippen LogP) is 1.96. The molecule has 0 saturated carbocycles. The predicted molar refractivity (Wildman–Crippen MR) is 76.5 cm³/mol. The summed E-state index contributed by atoms with van der Waals surface area (Å²) in [5, 5.41) is 22.5. The van der Waals surface area contributed by atoms with Crippen LogP contribution in [0.25, 0.3) is 0 Å². The van der Waals surface area contributed by atoms with E-state index < -0.39 is 5.97 Å². The number of nitrogens with zero attached hydrogens (tertiary/aromatic N) is 2. The van der Waals surface area contributed by atoms with E-state index in [2.05, 4.69) is 31.9 Å². The Balaban J connectivity index is 2.22. The molecular weight excluding hydrogens is 256 g/mol. The van der Waals surface area contributed by atoms with Gasteiger partial charge in [-0.05, 0) is 46.0 Å². The molecule has 1 unspecified atom stereocenters. The molecule has 0 bridgehead atoms. The van der Waals surface area contributed by atoms with Crippen LogP contribution in [0, 0.1) is 5.92 Å². The molecule has 5 heteroatoms. The molecule has 0 spiro atoms. The van der Waals surface area contributed by atoms with Gasteiger partial charge in [-0.3, -0.25) is 5.01 Å². The first-order valence-electron chi connectivity index (χ1n) is 7.13. The molecule has 1 aliphatic heterocycles. The zero-order valence-corrected chi connectivity index (χ0v) is 12.5. The van der Waals surface area contributed by atoms with Gasteiger partial charge < -0.3 is 10.2 Å². The Morgan fingerprint density at radius 1 is 1.45 bits per heavy atom. The van der Waals surface area contributed by atoms with Crippen LogP contribution in [0.2, 0.25) is 0 Å². The number of carbonyl (C=O) groups is 1. The van der Waals surface area contributed by atoms with Crippen molar-refractivity contribution in [1.29, 1.82) is 0 Å². The molecule has 1 atom stereocenters. The fraction of sp³-hybridized carbons (Fsp3) is 0.667. The number of carboxylic acid groups (broad SMARTS) is 1.